The minimum atomic E-state index is -0.123. The molecule has 2 fully saturated rings. The van der Waals surface area contributed by atoms with Gasteiger partial charge in [0.1, 0.15) is 0 Å². The molecule has 2 N–H and O–H groups in total. The number of thioether (sulfide) groups is 1. The van der Waals surface area contributed by atoms with Gasteiger partial charge in [-0.1, -0.05) is 13.8 Å². The maximum absolute atomic E-state index is 12.1. The van der Waals surface area contributed by atoms with Crippen LogP contribution in [-0.2, 0) is 9.53 Å². The van der Waals surface area contributed by atoms with Crippen molar-refractivity contribution in [3.63, 3.8) is 0 Å². The highest BCUT2D eigenvalue weighted by molar-refractivity contribution is 7.99. The molecule has 2 heterocycles. The highest BCUT2D eigenvalue weighted by atomic mass is 32.2. The number of rotatable bonds is 5. The summed E-state index contributed by atoms with van der Waals surface area (Å²) in [6, 6.07) is 0.281. The quantitative estimate of drug-likeness (QED) is 0.817. The fraction of sp³-hybridized carbons (Fsp3) is 0.938. The van der Waals surface area contributed by atoms with E-state index in [4.69, 9.17) is 4.74 Å². The van der Waals surface area contributed by atoms with Gasteiger partial charge in [0.25, 0.3) is 0 Å². The molecule has 0 aromatic heterocycles. The summed E-state index contributed by atoms with van der Waals surface area (Å²) in [6.07, 6.45) is 4.37. The molecule has 2 saturated heterocycles. The highest BCUT2D eigenvalue weighted by Crippen LogP contribution is 2.37. The molecule has 0 aliphatic carbocycles. The van der Waals surface area contributed by atoms with Crippen LogP contribution in [0.3, 0.4) is 0 Å². The predicted molar refractivity (Wildman–Crippen MR) is 88.7 cm³/mol. The average Bonchev–Trinajstić information content (AvgIpc) is 2.45. The van der Waals surface area contributed by atoms with E-state index >= 15 is 0 Å². The van der Waals surface area contributed by atoms with Crippen LogP contribution in [0, 0.1) is 5.92 Å². The summed E-state index contributed by atoms with van der Waals surface area (Å²) in [5.74, 6) is 3.02. The number of ether oxygens (including phenoxy) is 1. The molecule has 122 valence electrons. The van der Waals surface area contributed by atoms with Gasteiger partial charge in [-0.15, -0.1) is 0 Å². The SMILES string of the molecule is CC(C)CNC(=O)C(C)NC1CCOC2(CCSCC2)C1. The van der Waals surface area contributed by atoms with Crippen LogP contribution in [0.15, 0.2) is 0 Å². The van der Waals surface area contributed by atoms with Crippen LogP contribution in [0.2, 0.25) is 0 Å². The van der Waals surface area contributed by atoms with Crippen molar-refractivity contribution in [2.45, 2.75) is 64.1 Å². The first kappa shape index (κ1) is 17.1. The second-order valence-corrected chi connectivity index (χ2v) is 8.09. The first-order chi connectivity index (χ1) is 10.0. The molecule has 0 aromatic carbocycles. The van der Waals surface area contributed by atoms with Crippen molar-refractivity contribution < 1.29 is 9.53 Å². The summed E-state index contributed by atoms with van der Waals surface area (Å²) in [5.41, 5.74) is 0.0787. The summed E-state index contributed by atoms with van der Waals surface area (Å²) in [5, 5.41) is 6.52. The fourth-order valence-electron chi connectivity index (χ4n) is 3.15. The van der Waals surface area contributed by atoms with Gasteiger partial charge in [-0.05, 0) is 50.0 Å². The normalized spacial score (nSPS) is 26.8. The molecule has 2 rings (SSSR count). The third-order valence-electron chi connectivity index (χ3n) is 4.46. The van der Waals surface area contributed by atoms with Gasteiger partial charge in [-0.25, -0.2) is 0 Å². The van der Waals surface area contributed by atoms with Crippen molar-refractivity contribution in [2.24, 2.45) is 5.92 Å². The van der Waals surface area contributed by atoms with Gasteiger partial charge in [0.05, 0.1) is 11.6 Å². The summed E-state index contributed by atoms with van der Waals surface area (Å²) >= 11 is 2.03. The lowest BCUT2D eigenvalue weighted by molar-refractivity contribution is -0.124. The highest BCUT2D eigenvalue weighted by Gasteiger charge is 2.39. The van der Waals surface area contributed by atoms with E-state index in [1.54, 1.807) is 0 Å². The molecule has 0 bridgehead atoms. The largest absolute Gasteiger partial charge is 0.375 e. The van der Waals surface area contributed by atoms with E-state index in [9.17, 15) is 4.79 Å². The lowest BCUT2D eigenvalue weighted by atomic mass is 9.85. The van der Waals surface area contributed by atoms with Crippen molar-refractivity contribution in [1.29, 1.82) is 0 Å². The molecule has 2 atom stereocenters. The van der Waals surface area contributed by atoms with Gasteiger partial charge in [0, 0.05) is 19.2 Å². The Kier molecular flexibility index (Phi) is 6.38. The van der Waals surface area contributed by atoms with Gasteiger partial charge in [0.15, 0.2) is 0 Å². The molecule has 2 unspecified atom stereocenters. The number of hydrogen-bond donors (Lipinski definition) is 2. The minimum Gasteiger partial charge on any atom is -0.375 e. The van der Waals surface area contributed by atoms with Crippen molar-refractivity contribution in [2.75, 3.05) is 24.7 Å². The minimum absolute atomic E-state index is 0.0787. The molecule has 0 aromatic rings. The first-order valence-corrected chi connectivity index (χ1v) is 9.42. The van der Waals surface area contributed by atoms with Crippen molar-refractivity contribution in [3.8, 4) is 0 Å². The summed E-state index contributed by atoms with van der Waals surface area (Å²) < 4.78 is 6.10. The molecular weight excluding hydrogens is 284 g/mol. The lowest BCUT2D eigenvalue weighted by Gasteiger charge is -2.44. The van der Waals surface area contributed by atoms with Crippen LogP contribution in [0.25, 0.3) is 0 Å². The molecule has 0 saturated carbocycles. The van der Waals surface area contributed by atoms with Gasteiger partial charge in [0.2, 0.25) is 5.91 Å². The van der Waals surface area contributed by atoms with E-state index in [0.29, 0.717) is 12.0 Å². The van der Waals surface area contributed by atoms with Gasteiger partial charge in [-0.2, -0.15) is 11.8 Å². The van der Waals surface area contributed by atoms with Crippen molar-refractivity contribution in [1.82, 2.24) is 10.6 Å². The second kappa shape index (κ2) is 7.84. The van der Waals surface area contributed by atoms with E-state index in [1.807, 2.05) is 18.7 Å². The molecule has 2 aliphatic heterocycles. The van der Waals surface area contributed by atoms with Gasteiger partial charge < -0.3 is 15.4 Å². The molecule has 2 aliphatic rings. The zero-order chi connectivity index (χ0) is 15.3. The Balaban J connectivity index is 1.80. The van der Waals surface area contributed by atoms with E-state index in [2.05, 4.69) is 24.5 Å². The Bertz CT molecular complexity index is 338. The molecule has 21 heavy (non-hydrogen) atoms. The maximum atomic E-state index is 12.1. The fourth-order valence-corrected chi connectivity index (χ4v) is 4.39. The molecule has 1 amide bonds. The molecule has 5 heteroatoms. The van der Waals surface area contributed by atoms with Crippen LogP contribution >= 0.6 is 11.8 Å². The standard InChI is InChI=1S/C16H30N2O2S/c1-12(2)11-17-15(19)13(3)18-14-4-7-20-16(10-14)5-8-21-9-6-16/h12-14,18H,4-11H2,1-3H3,(H,17,19). The van der Waals surface area contributed by atoms with E-state index < -0.39 is 0 Å². The van der Waals surface area contributed by atoms with Crippen LogP contribution in [0.1, 0.15) is 46.5 Å². The Labute approximate surface area is 133 Å². The Morgan fingerprint density at radius 1 is 1.33 bits per heavy atom. The lowest BCUT2D eigenvalue weighted by Crippen LogP contribution is -2.53. The molecular formula is C16H30N2O2S. The molecule has 0 radical (unpaired) electrons. The second-order valence-electron chi connectivity index (χ2n) is 6.86. The first-order valence-electron chi connectivity index (χ1n) is 8.26. The van der Waals surface area contributed by atoms with Crippen molar-refractivity contribution >= 4 is 17.7 Å². The summed E-state index contributed by atoms with van der Waals surface area (Å²) in [7, 11) is 0. The van der Waals surface area contributed by atoms with Crippen LogP contribution in [0.5, 0.6) is 0 Å². The summed E-state index contributed by atoms with van der Waals surface area (Å²) in [4.78, 5) is 12.1. The van der Waals surface area contributed by atoms with E-state index in [1.165, 1.54) is 11.5 Å². The van der Waals surface area contributed by atoms with E-state index in [0.717, 1.165) is 38.8 Å². The van der Waals surface area contributed by atoms with Crippen molar-refractivity contribution in [3.05, 3.63) is 0 Å². The number of nitrogens with one attached hydrogen (secondary N) is 2. The predicted octanol–water partition coefficient (Wildman–Crippen LogP) is 2.18. The number of carbonyl (C=O) groups is 1. The number of amides is 1. The maximum Gasteiger partial charge on any atom is 0.236 e. The Hall–Kier alpha value is -0.260. The number of carbonyl (C=O) groups excluding carboxylic acids is 1. The van der Waals surface area contributed by atoms with Crippen LogP contribution in [0.4, 0.5) is 0 Å². The topological polar surface area (TPSA) is 50.4 Å². The Morgan fingerprint density at radius 3 is 2.71 bits per heavy atom. The van der Waals surface area contributed by atoms with Crippen LogP contribution < -0.4 is 10.6 Å². The van der Waals surface area contributed by atoms with Gasteiger partial charge in [-0.3, -0.25) is 4.79 Å². The zero-order valence-corrected chi connectivity index (χ0v) is 14.4. The number of hydrogen-bond acceptors (Lipinski definition) is 4. The monoisotopic (exact) mass is 314 g/mol. The Morgan fingerprint density at radius 2 is 2.05 bits per heavy atom. The third kappa shape index (κ3) is 5.15. The molecule has 1 spiro atoms. The van der Waals surface area contributed by atoms with Gasteiger partial charge >= 0.3 is 0 Å². The smallest absolute Gasteiger partial charge is 0.236 e. The van der Waals surface area contributed by atoms with Crippen LogP contribution in [-0.4, -0.2) is 48.2 Å². The zero-order valence-electron chi connectivity index (χ0n) is 13.6. The van der Waals surface area contributed by atoms with E-state index in [-0.39, 0.29) is 17.6 Å². The third-order valence-corrected chi connectivity index (χ3v) is 5.45. The average molecular weight is 314 g/mol. The summed E-state index contributed by atoms with van der Waals surface area (Å²) in [6.45, 7) is 7.76. The molecule has 4 nitrogen and oxygen atoms in total.